The molecular formula is C8H17NO2. The fourth-order valence-electron chi connectivity index (χ4n) is 1.46. The molecule has 66 valence electrons. The van der Waals surface area contributed by atoms with Crippen molar-refractivity contribution in [2.45, 2.75) is 31.5 Å². The molecule has 1 aliphatic rings. The number of hydrogen-bond donors (Lipinski definition) is 1. The molecule has 0 bridgehead atoms. The third-order valence-electron chi connectivity index (χ3n) is 2.16. The van der Waals surface area contributed by atoms with Gasteiger partial charge in [-0.1, -0.05) is 0 Å². The van der Waals surface area contributed by atoms with Crippen molar-refractivity contribution in [2.24, 2.45) is 5.73 Å². The summed E-state index contributed by atoms with van der Waals surface area (Å²) in [6.07, 6.45) is 3.84. The van der Waals surface area contributed by atoms with Crippen LogP contribution in [0, 0.1) is 0 Å². The van der Waals surface area contributed by atoms with E-state index in [-0.39, 0.29) is 12.2 Å². The molecule has 1 rings (SSSR count). The normalized spacial score (nSPS) is 28.4. The predicted octanol–water partition coefficient (Wildman–Crippen LogP) is 0.529. The summed E-state index contributed by atoms with van der Waals surface area (Å²) in [5, 5.41) is 0. The van der Waals surface area contributed by atoms with Crippen LogP contribution in [0.25, 0.3) is 0 Å². The molecule has 0 aromatic heterocycles. The van der Waals surface area contributed by atoms with Gasteiger partial charge >= 0.3 is 0 Å². The second-order valence-electron chi connectivity index (χ2n) is 2.91. The monoisotopic (exact) mass is 159 g/mol. The third-order valence-corrected chi connectivity index (χ3v) is 2.16. The number of methoxy groups -OCH3 is 1. The molecule has 11 heavy (non-hydrogen) atoms. The molecule has 1 fully saturated rings. The summed E-state index contributed by atoms with van der Waals surface area (Å²) in [5.41, 5.74) is 5.51. The minimum atomic E-state index is 0.0929. The highest BCUT2D eigenvalue weighted by Gasteiger charge is 2.22. The van der Waals surface area contributed by atoms with Crippen molar-refractivity contribution >= 4 is 0 Å². The summed E-state index contributed by atoms with van der Waals surface area (Å²) in [6, 6.07) is 0. The number of rotatable bonds is 3. The molecule has 1 aliphatic heterocycles. The van der Waals surface area contributed by atoms with E-state index in [0.717, 1.165) is 13.0 Å². The predicted molar refractivity (Wildman–Crippen MR) is 43.4 cm³/mol. The van der Waals surface area contributed by atoms with Crippen molar-refractivity contribution in [3.63, 3.8) is 0 Å². The number of hydrogen-bond acceptors (Lipinski definition) is 3. The van der Waals surface area contributed by atoms with Gasteiger partial charge in [0.25, 0.3) is 0 Å². The van der Waals surface area contributed by atoms with E-state index < -0.39 is 0 Å². The van der Waals surface area contributed by atoms with Gasteiger partial charge in [0.2, 0.25) is 0 Å². The Labute approximate surface area is 67.9 Å². The van der Waals surface area contributed by atoms with Gasteiger partial charge in [-0.05, 0) is 19.3 Å². The van der Waals surface area contributed by atoms with E-state index in [9.17, 15) is 0 Å². The topological polar surface area (TPSA) is 44.5 Å². The van der Waals surface area contributed by atoms with Crippen molar-refractivity contribution in [3.8, 4) is 0 Å². The molecule has 0 amide bonds. The average Bonchev–Trinajstić information content (AvgIpc) is 2.09. The van der Waals surface area contributed by atoms with E-state index in [1.54, 1.807) is 7.11 Å². The Balaban J connectivity index is 2.30. The standard InChI is InChI=1S/C8H17NO2/c1-10-8(6-9)7-4-2-3-5-11-7/h7-8H,2-6,9H2,1H3. The molecule has 0 saturated carbocycles. The summed E-state index contributed by atoms with van der Waals surface area (Å²) < 4.78 is 10.7. The maximum Gasteiger partial charge on any atom is 0.0954 e. The van der Waals surface area contributed by atoms with Crippen LogP contribution in [0.2, 0.25) is 0 Å². The van der Waals surface area contributed by atoms with Crippen LogP contribution in [0.1, 0.15) is 19.3 Å². The second kappa shape index (κ2) is 4.70. The fraction of sp³-hybridized carbons (Fsp3) is 1.00. The number of nitrogens with two attached hydrogens (primary N) is 1. The lowest BCUT2D eigenvalue weighted by Crippen LogP contribution is -2.38. The molecular weight excluding hydrogens is 142 g/mol. The highest BCUT2D eigenvalue weighted by atomic mass is 16.5. The van der Waals surface area contributed by atoms with Crippen molar-refractivity contribution in [2.75, 3.05) is 20.3 Å². The highest BCUT2D eigenvalue weighted by molar-refractivity contribution is 4.74. The summed E-state index contributed by atoms with van der Waals surface area (Å²) in [7, 11) is 1.69. The van der Waals surface area contributed by atoms with E-state index in [0.29, 0.717) is 6.54 Å². The molecule has 2 N–H and O–H groups in total. The first kappa shape index (κ1) is 8.97. The summed E-state index contributed by atoms with van der Waals surface area (Å²) in [6.45, 7) is 1.42. The van der Waals surface area contributed by atoms with Gasteiger partial charge in [0.05, 0.1) is 12.2 Å². The molecule has 1 heterocycles. The SMILES string of the molecule is COC(CN)C1CCCCO1. The van der Waals surface area contributed by atoms with Gasteiger partial charge in [-0.3, -0.25) is 0 Å². The number of ether oxygens (including phenoxy) is 2. The minimum absolute atomic E-state index is 0.0929. The Hall–Kier alpha value is -0.120. The first-order chi connectivity index (χ1) is 5.38. The Morgan fingerprint density at radius 1 is 1.64 bits per heavy atom. The zero-order valence-corrected chi connectivity index (χ0v) is 7.08. The van der Waals surface area contributed by atoms with Gasteiger partial charge < -0.3 is 15.2 Å². The lowest BCUT2D eigenvalue weighted by molar-refractivity contribution is -0.0734. The van der Waals surface area contributed by atoms with Crippen LogP contribution >= 0.6 is 0 Å². The quantitative estimate of drug-likeness (QED) is 0.653. The fourth-order valence-corrected chi connectivity index (χ4v) is 1.46. The maximum atomic E-state index is 5.52. The van der Waals surface area contributed by atoms with Crippen molar-refractivity contribution in [3.05, 3.63) is 0 Å². The lowest BCUT2D eigenvalue weighted by atomic mass is 10.0. The van der Waals surface area contributed by atoms with Crippen LogP contribution in [0.3, 0.4) is 0 Å². The van der Waals surface area contributed by atoms with E-state index in [1.165, 1.54) is 12.8 Å². The first-order valence-corrected chi connectivity index (χ1v) is 4.23. The summed E-state index contributed by atoms with van der Waals surface area (Å²) in [4.78, 5) is 0. The van der Waals surface area contributed by atoms with Crippen molar-refractivity contribution < 1.29 is 9.47 Å². The van der Waals surface area contributed by atoms with Crippen LogP contribution in [-0.2, 0) is 9.47 Å². The molecule has 0 aromatic rings. The third kappa shape index (κ3) is 2.43. The Kier molecular flexibility index (Phi) is 3.83. The van der Waals surface area contributed by atoms with Gasteiger partial charge in [-0.2, -0.15) is 0 Å². The molecule has 0 aromatic carbocycles. The van der Waals surface area contributed by atoms with E-state index in [2.05, 4.69) is 0 Å². The molecule has 2 unspecified atom stereocenters. The van der Waals surface area contributed by atoms with Crippen LogP contribution in [0.5, 0.6) is 0 Å². The van der Waals surface area contributed by atoms with Gasteiger partial charge in [-0.15, -0.1) is 0 Å². The van der Waals surface area contributed by atoms with Crippen LogP contribution in [0.15, 0.2) is 0 Å². The maximum absolute atomic E-state index is 5.52. The van der Waals surface area contributed by atoms with E-state index in [4.69, 9.17) is 15.2 Å². The van der Waals surface area contributed by atoms with Crippen LogP contribution in [-0.4, -0.2) is 32.5 Å². The van der Waals surface area contributed by atoms with E-state index >= 15 is 0 Å². The molecule has 0 aliphatic carbocycles. The van der Waals surface area contributed by atoms with Gasteiger partial charge in [0.15, 0.2) is 0 Å². The first-order valence-electron chi connectivity index (χ1n) is 4.23. The molecule has 2 atom stereocenters. The highest BCUT2D eigenvalue weighted by Crippen LogP contribution is 2.16. The van der Waals surface area contributed by atoms with Crippen LogP contribution < -0.4 is 5.73 Å². The molecule has 1 saturated heterocycles. The van der Waals surface area contributed by atoms with Gasteiger partial charge in [0, 0.05) is 20.3 Å². The van der Waals surface area contributed by atoms with Crippen molar-refractivity contribution in [1.82, 2.24) is 0 Å². The smallest absolute Gasteiger partial charge is 0.0954 e. The van der Waals surface area contributed by atoms with E-state index in [1.807, 2.05) is 0 Å². The van der Waals surface area contributed by atoms with Gasteiger partial charge in [0.1, 0.15) is 0 Å². The Morgan fingerprint density at radius 3 is 2.91 bits per heavy atom. The van der Waals surface area contributed by atoms with Crippen molar-refractivity contribution in [1.29, 1.82) is 0 Å². The zero-order valence-electron chi connectivity index (χ0n) is 7.08. The average molecular weight is 159 g/mol. The molecule has 0 spiro atoms. The largest absolute Gasteiger partial charge is 0.377 e. The summed E-state index contributed by atoms with van der Waals surface area (Å²) in [5.74, 6) is 0. The molecule has 3 heteroatoms. The zero-order chi connectivity index (χ0) is 8.10. The Bertz CT molecular complexity index is 98.3. The minimum Gasteiger partial charge on any atom is -0.377 e. The molecule has 3 nitrogen and oxygen atoms in total. The second-order valence-corrected chi connectivity index (χ2v) is 2.91. The Morgan fingerprint density at radius 2 is 2.45 bits per heavy atom. The molecule has 0 radical (unpaired) electrons. The van der Waals surface area contributed by atoms with Gasteiger partial charge in [-0.25, -0.2) is 0 Å². The lowest BCUT2D eigenvalue weighted by Gasteiger charge is -2.28. The van der Waals surface area contributed by atoms with Crippen LogP contribution in [0.4, 0.5) is 0 Å². The summed E-state index contributed by atoms with van der Waals surface area (Å²) >= 11 is 0.